The first-order chi connectivity index (χ1) is 8.17. The van der Waals surface area contributed by atoms with Gasteiger partial charge in [-0.1, -0.05) is 6.92 Å². The molecule has 0 bridgehead atoms. The second-order valence-electron chi connectivity index (χ2n) is 3.60. The minimum Gasteiger partial charge on any atom is -0.388 e. The van der Waals surface area contributed by atoms with Crippen LogP contribution in [0, 0.1) is 5.41 Å². The predicted octanol–water partition coefficient (Wildman–Crippen LogP) is 0.879. The van der Waals surface area contributed by atoms with Crippen molar-refractivity contribution in [1.29, 1.82) is 5.41 Å². The fourth-order valence-corrected chi connectivity index (χ4v) is 2.08. The van der Waals surface area contributed by atoms with Crippen molar-refractivity contribution >= 4 is 22.5 Å². The van der Waals surface area contributed by atoms with Crippen LogP contribution in [0.1, 0.15) is 19.2 Å². The highest BCUT2D eigenvalue weighted by atomic mass is 32.1. The maximum Gasteiger partial charge on any atom is 0.205 e. The fraction of sp³-hybridized carbons (Fsp3) is 0.700. The van der Waals surface area contributed by atoms with Crippen molar-refractivity contribution in [3.8, 4) is 0 Å². The third-order valence-corrected chi connectivity index (χ3v) is 3.08. The molecule has 0 aromatic carbocycles. The van der Waals surface area contributed by atoms with E-state index in [0.29, 0.717) is 19.6 Å². The van der Waals surface area contributed by atoms with Crippen molar-refractivity contribution in [1.82, 2.24) is 9.36 Å². The molecule has 0 fully saturated rings. The Labute approximate surface area is 105 Å². The number of rotatable bonds is 8. The van der Waals surface area contributed by atoms with Gasteiger partial charge in [0.15, 0.2) is 0 Å². The molecule has 0 aliphatic heterocycles. The van der Waals surface area contributed by atoms with Crippen molar-refractivity contribution in [2.45, 2.75) is 19.8 Å². The van der Waals surface area contributed by atoms with Gasteiger partial charge in [0.25, 0.3) is 0 Å². The van der Waals surface area contributed by atoms with Gasteiger partial charge < -0.3 is 15.4 Å². The summed E-state index contributed by atoms with van der Waals surface area (Å²) in [5.41, 5.74) is 5.37. The Balaban J connectivity index is 2.63. The van der Waals surface area contributed by atoms with Gasteiger partial charge in [-0.3, -0.25) is 5.41 Å². The molecule has 0 atom stereocenters. The minimum absolute atomic E-state index is 0.188. The van der Waals surface area contributed by atoms with Gasteiger partial charge in [-0.15, -0.1) is 0 Å². The summed E-state index contributed by atoms with van der Waals surface area (Å²) in [6, 6.07) is 0. The first-order valence-corrected chi connectivity index (χ1v) is 6.34. The molecule has 1 aromatic rings. The number of nitrogens with one attached hydrogen (secondary N) is 1. The van der Waals surface area contributed by atoms with E-state index in [1.54, 1.807) is 7.11 Å². The summed E-state index contributed by atoms with van der Waals surface area (Å²) in [7, 11) is 1.67. The molecule has 0 amide bonds. The lowest BCUT2D eigenvalue weighted by molar-refractivity contribution is 0.205. The quantitative estimate of drug-likeness (QED) is 0.533. The third-order valence-electron chi connectivity index (χ3n) is 2.26. The van der Waals surface area contributed by atoms with Crippen molar-refractivity contribution in [3.05, 3.63) is 5.82 Å². The minimum atomic E-state index is 0.188. The molecule has 0 aliphatic carbocycles. The van der Waals surface area contributed by atoms with Crippen LogP contribution in [-0.4, -0.2) is 42.0 Å². The molecule has 6 nitrogen and oxygen atoms in total. The summed E-state index contributed by atoms with van der Waals surface area (Å²) in [5, 5.41) is 8.13. The topological polar surface area (TPSA) is 88.1 Å². The molecule has 1 rings (SSSR count). The van der Waals surface area contributed by atoms with Gasteiger partial charge in [0.05, 0.1) is 12.4 Å². The number of methoxy groups -OCH3 is 1. The lowest BCUT2D eigenvalue weighted by atomic mass is 10.3. The van der Waals surface area contributed by atoms with Gasteiger partial charge in [0.1, 0.15) is 5.82 Å². The Morgan fingerprint density at radius 3 is 2.82 bits per heavy atom. The Kier molecular flexibility index (Phi) is 5.85. The normalized spacial score (nSPS) is 10.5. The van der Waals surface area contributed by atoms with E-state index >= 15 is 0 Å². The van der Waals surface area contributed by atoms with Crippen molar-refractivity contribution in [3.63, 3.8) is 0 Å². The van der Waals surface area contributed by atoms with Crippen LogP contribution in [0.15, 0.2) is 0 Å². The second-order valence-corrected chi connectivity index (χ2v) is 4.33. The van der Waals surface area contributed by atoms with Gasteiger partial charge in [-0.05, 0) is 0 Å². The predicted molar refractivity (Wildman–Crippen MR) is 69.9 cm³/mol. The number of aromatic nitrogens is 2. The summed E-state index contributed by atoms with van der Waals surface area (Å²) in [4.78, 5) is 6.48. The molecule has 0 saturated carbocycles. The van der Waals surface area contributed by atoms with Gasteiger partial charge in [-0.2, -0.15) is 4.37 Å². The molecule has 0 saturated heterocycles. The van der Waals surface area contributed by atoms with E-state index in [9.17, 15) is 0 Å². The Bertz CT molecular complexity index is 354. The van der Waals surface area contributed by atoms with E-state index in [2.05, 4.69) is 14.3 Å². The highest BCUT2D eigenvalue weighted by Gasteiger charge is 2.12. The number of hydrogen-bond donors (Lipinski definition) is 2. The molecule has 0 spiro atoms. The van der Waals surface area contributed by atoms with Gasteiger partial charge >= 0.3 is 0 Å². The van der Waals surface area contributed by atoms with Crippen LogP contribution in [0.3, 0.4) is 0 Å². The smallest absolute Gasteiger partial charge is 0.205 e. The van der Waals surface area contributed by atoms with Crippen LogP contribution >= 0.6 is 11.5 Å². The van der Waals surface area contributed by atoms with Gasteiger partial charge in [-0.25, -0.2) is 4.98 Å². The molecule has 3 N–H and O–H groups in total. The Hall–Kier alpha value is -1.21. The Morgan fingerprint density at radius 1 is 1.53 bits per heavy atom. The number of anilines is 1. The SMILES string of the molecule is CCc1nsc(N(CCOC)CCC(=N)N)n1. The first kappa shape index (κ1) is 13.9. The standard InChI is InChI=1S/C10H19N5OS/c1-3-9-13-10(17-14-9)15(6-7-16-2)5-4-8(11)12/h3-7H2,1-2H3,(H3,11,12). The van der Waals surface area contributed by atoms with Crippen LogP contribution in [0.25, 0.3) is 0 Å². The molecular weight excluding hydrogens is 238 g/mol. The molecule has 0 radical (unpaired) electrons. The van der Waals surface area contributed by atoms with Crippen LogP contribution in [0.5, 0.6) is 0 Å². The zero-order valence-corrected chi connectivity index (χ0v) is 11.1. The zero-order chi connectivity index (χ0) is 12.7. The average Bonchev–Trinajstić information content (AvgIpc) is 2.77. The zero-order valence-electron chi connectivity index (χ0n) is 10.3. The van der Waals surface area contributed by atoms with Gasteiger partial charge in [0, 0.05) is 44.6 Å². The van der Waals surface area contributed by atoms with Crippen molar-refractivity contribution in [2.24, 2.45) is 5.73 Å². The summed E-state index contributed by atoms with van der Waals surface area (Å²) >= 11 is 1.38. The van der Waals surface area contributed by atoms with E-state index in [1.165, 1.54) is 11.5 Å². The highest BCUT2D eigenvalue weighted by molar-refractivity contribution is 7.09. The molecule has 1 aromatic heterocycles. The average molecular weight is 257 g/mol. The monoisotopic (exact) mass is 257 g/mol. The van der Waals surface area contributed by atoms with Crippen molar-refractivity contribution in [2.75, 3.05) is 31.7 Å². The second kappa shape index (κ2) is 7.18. The number of amidine groups is 1. The van der Waals surface area contributed by atoms with E-state index in [1.807, 2.05) is 6.92 Å². The van der Waals surface area contributed by atoms with Crippen LogP contribution < -0.4 is 10.6 Å². The molecule has 17 heavy (non-hydrogen) atoms. The Morgan fingerprint density at radius 2 is 2.29 bits per heavy atom. The van der Waals surface area contributed by atoms with Crippen LogP contribution in [-0.2, 0) is 11.2 Å². The van der Waals surface area contributed by atoms with E-state index in [-0.39, 0.29) is 5.84 Å². The van der Waals surface area contributed by atoms with E-state index < -0.39 is 0 Å². The molecule has 0 unspecified atom stereocenters. The molecule has 0 aliphatic rings. The number of hydrogen-bond acceptors (Lipinski definition) is 6. The first-order valence-electron chi connectivity index (χ1n) is 5.56. The largest absolute Gasteiger partial charge is 0.388 e. The molecule has 7 heteroatoms. The summed E-state index contributed by atoms with van der Waals surface area (Å²) in [6.07, 6.45) is 1.37. The van der Waals surface area contributed by atoms with Crippen molar-refractivity contribution < 1.29 is 4.74 Å². The third kappa shape index (κ3) is 4.66. The summed E-state index contributed by atoms with van der Waals surface area (Å²) in [6.45, 7) is 4.07. The van der Waals surface area contributed by atoms with Crippen LogP contribution in [0.4, 0.5) is 5.13 Å². The summed E-state index contributed by atoms with van der Waals surface area (Å²) in [5.74, 6) is 1.04. The van der Waals surface area contributed by atoms with Crippen LogP contribution in [0.2, 0.25) is 0 Å². The molecular formula is C10H19N5OS. The molecule has 1 heterocycles. The number of ether oxygens (including phenoxy) is 1. The summed E-state index contributed by atoms with van der Waals surface area (Å²) < 4.78 is 9.32. The van der Waals surface area contributed by atoms with E-state index in [4.69, 9.17) is 15.9 Å². The highest BCUT2D eigenvalue weighted by Crippen LogP contribution is 2.17. The number of nitrogens with zero attached hydrogens (tertiary/aromatic N) is 3. The lowest BCUT2D eigenvalue weighted by Gasteiger charge is -2.20. The van der Waals surface area contributed by atoms with E-state index in [0.717, 1.165) is 23.9 Å². The van der Waals surface area contributed by atoms with Gasteiger partial charge in [0.2, 0.25) is 5.13 Å². The fourth-order valence-electron chi connectivity index (χ4n) is 1.28. The maximum absolute atomic E-state index is 7.26. The molecule has 96 valence electrons. The maximum atomic E-state index is 7.26. The lowest BCUT2D eigenvalue weighted by Crippen LogP contribution is -2.30. The number of nitrogens with two attached hydrogens (primary N) is 1. The number of aryl methyl sites for hydroxylation is 1.